The second-order valence-electron chi connectivity index (χ2n) is 6.76. The maximum atomic E-state index is 12.1. The summed E-state index contributed by atoms with van der Waals surface area (Å²) in [6, 6.07) is 11.8. The molecule has 0 aromatic heterocycles. The van der Waals surface area contributed by atoms with E-state index < -0.39 is 6.16 Å². The first kappa shape index (κ1) is 23.7. The molecule has 0 saturated carbocycles. The number of amides is 2. The number of ether oxygens (including phenoxy) is 3. The molecular weight excluding hydrogens is 400 g/mol. The molecule has 8 heteroatoms. The molecule has 0 aliphatic rings. The zero-order valence-electron chi connectivity index (χ0n) is 18.0. The Kier molecular flexibility index (Phi) is 9.35. The Balaban J connectivity index is 1.63. The van der Waals surface area contributed by atoms with E-state index in [9.17, 15) is 14.4 Å². The molecule has 0 unspecified atom stereocenters. The van der Waals surface area contributed by atoms with E-state index in [1.807, 2.05) is 32.0 Å². The fourth-order valence-electron chi connectivity index (χ4n) is 2.61. The molecule has 166 valence electrons. The molecule has 8 nitrogen and oxygen atoms in total. The third-order valence-electron chi connectivity index (χ3n) is 4.45. The van der Waals surface area contributed by atoms with Crippen molar-refractivity contribution in [3.8, 4) is 11.5 Å². The minimum Gasteiger partial charge on any atom is -0.483 e. The standard InChI is InChI=1S/C23H28N2O6/c1-4-29-23(28)31-19-11-9-18(10-12-19)22(27)25-14-6-13-24-21(26)15-30-20-8-5-7-16(2)17(20)3/h5,7-12H,4,6,13-15H2,1-3H3,(H,24,26)(H,25,27). The summed E-state index contributed by atoms with van der Waals surface area (Å²) in [4.78, 5) is 35.3. The quantitative estimate of drug-likeness (QED) is 0.342. The number of hydrogen-bond donors (Lipinski definition) is 2. The lowest BCUT2D eigenvalue weighted by molar-refractivity contribution is -0.123. The van der Waals surface area contributed by atoms with Gasteiger partial charge in [-0.1, -0.05) is 12.1 Å². The number of carbonyl (C=O) groups excluding carboxylic acids is 3. The van der Waals surface area contributed by atoms with Crippen molar-refractivity contribution in [2.45, 2.75) is 27.2 Å². The summed E-state index contributed by atoms with van der Waals surface area (Å²) in [5.41, 5.74) is 2.55. The van der Waals surface area contributed by atoms with Crippen LogP contribution in [0.4, 0.5) is 4.79 Å². The minimum absolute atomic E-state index is 0.0587. The lowest BCUT2D eigenvalue weighted by Crippen LogP contribution is -2.32. The van der Waals surface area contributed by atoms with Crippen LogP contribution in [-0.2, 0) is 9.53 Å². The lowest BCUT2D eigenvalue weighted by atomic mass is 10.1. The largest absolute Gasteiger partial charge is 0.513 e. The minimum atomic E-state index is -0.791. The Hall–Kier alpha value is -3.55. The molecule has 0 aliphatic carbocycles. The molecule has 0 bridgehead atoms. The normalized spacial score (nSPS) is 10.2. The predicted molar refractivity (Wildman–Crippen MR) is 115 cm³/mol. The number of hydrogen-bond acceptors (Lipinski definition) is 6. The Morgan fingerprint density at radius 3 is 2.35 bits per heavy atom. The first-order valence-corrected chi connectivity index (χ1v) is 10.1. The van der Waals surface area contributed by atoms with Crippen LogP contribution in [-0.4, -0.2) is 44.3 Å². The highest BCUT2D eigenvalue weighted by Crippen LogP contribution is 2.20. The van der Waals surface area contributed by atoms with E-state index in [1.54, 1.807) is 19.1 Å². The van der Waals surface area contributed by atoms with Crippen molar-refractivity contribution in [3.05, 3.63) is 59.2 Å². The van der Waals surface area contributed by atoms with Gasteiger partial charge in [-0.2, -0.15) is 0 Å². The molecule has 0 spiro atoms. The van der Waals surface area contributed by atoms with Crippen molar-refractivity contribution in [1.82, 2.24) is 10.6 Å². The first-order valence-electron chi connectivity index (χ1n) is 10.1. The zero-order chi connectivity index (χ0) is 22.6. The summed E-state index contributed by atoms with van der Waals surface area (Å²) in [6.07, 6.45) is -0.216. The molecular formula is C23H28N2O6. The molecule has 0 aliphatic heterocycles. The Morgan fingerprint density at radius 1 is 0.935 bits per heavy atom. The van der Waals surface area contributed by atoms with Crippen molar-refractivity contribution in [1.29, 1.82) is 0 Å². The van der Waals surface area contributed by atoms with Gasteiger partial charge >= 0.3 is 6.16 Å². The lowest BCUT2D eigenvalue weighted by Gasteiger charge is -2.11. The molecule has 0 heterocycles. The van der Waals surface area contributed by atoms with Crippen molar-refractivity contribution >= 4 is 18.0 Å². The maximum Gasteiger partial charge on any atom is 0.513 e. The Bertz CT molecular complexity index is 895. The van der Waals surface area contributed by atoms with Gasteiger partial charge in [0.05, 0.1) is 6.61 Å². The van der Waals surface area contributed by atoms with Crippen LogP contribution in [0.15, 0.2) is 42.5 Å². The van der Waals surface area contributed by atoms with Crippen molar-refractivity contribution in [2.75, 3.05) is 26.3 Å². The van der Waals surface area contributed by atoms with Gasteiger partial charge in [-0.15, -0.1) is 0 Å². The second kappa shape index (κ2) is 12.2. The van der Waals surface area contributed by atoms with Gasteiger partial charge in [-0.05, 0) is 68.7 Å². The van der Waals surface area contributed by atoms with E-state index >= 15 is 0 Å². The fraction of sp³-hybridized carbons (Fsp3) is 0.348. The SMILES string of the molecule is CCOC(=O)Oc1ccc(C(=O)NCCCNC(=O)COc2cccc(C)c2C)cc1. The van der Waals surface area contributed by atoms with E-state index in [0.717, 1.165) is 11.1 Å². The van der Waals surface area contributed by atoms with E-state index in [1.165, 1.54) is 12.1 Å². The molecule has 0 radical (unpaired) electrons. The molecule has 2 N–H and O–H groups in total. The monoisotopic (exact) mass is 428 g/mol. The smallest absolute Gasteiger partial charge is 0.483 e. The summed E-state index contributed by atoms with van der Waals surface area (Å²) < 4.78 is 15.2. The van der Waals surface area contributed by atoms with Crippen LogP contribution in [0.1, 0.15) is 34.8 Å². The van der Waals surface area contributed by atoms with Crippen LogP contribution in [0.25, 0.3) is 0 Å². The summed E-state index contributed by atoms with van der Waals surface area (Å²) in [7, 11) is 0. The highest BCUT2D eigenvalue weighted by atomic mass is 16.7. The van der Waals surface area contributed by atoms with Gasteiger partial charge in [0.15, 0.2) is 6.61 Å². The summed E-state index contributed by atoms with van der Waals surface area (Å²) in [6.45, 7) is 6.60. The highest BCUT2D eigenvalue weighted by Gasteiger charge is 2.09. The van der Waals surface area contributed by atoms with Crippen LogP contribution in [0.3, 0.4) is 0 Å². The molecule has 31 heavy (non-hydrogen) atoms. The maximum absolute atomic E-state index is 12.1. The molecule has 2 rings (SSSR count). The molecule has 0 saturated heterocycles. The van der Waals surface area contributed by atoms with Crippen LogP contribution in [0, 0.1) is 13.8 Å². The van der Waals surface area contributed by atoms with Crippen LogP contribution >= 0.6 is 0 Å². The molecule has 0 atom stereocenters. The van der Waals surface area contributed by atoms with Crippen molar-refractivity contribution < 1.29 is 28.6 Å². The number of aryl methyl sites for hydroxylation is 1. The van der Waals surface area contributed by atoms with E-state index in [-0.39, 0.29) is 25.0 Å². The van der Waals surface area contributed by atoms with Crippen LogP contribution in [0.5, 0.6) is 11.5 Å². The van der Waals surface area contributed by atoms with Gasteiger partial charge in [-0.25, -0.2) is 4.79 Å². The van der Waals surface area contributed by atoms with Gasteiger partial charge in [0.25, 0.3) is 11.8 Å². The third-order valence-corrected chi connectivity index (χ3v) is 4.45. The third kappa shape index (κ3) is 8.00. The van der Waals surface area contributed by atoms with Gasteiger partial charge in [0, 0.05) is 18.7 Å². The predicted octanol–water partition coefficient (Wildman–Crippen LogP) is 3.15. The van der Waals surface area contributed by atoms with Crippen molar-refractivity contribution in [3.63, 3.8) is 0 Å². The number of rotatable bonds is 10. The zero-order valence-corrected chi connectivity index (χ0v) is 18.0. The Labute approximate surface area is 181 Å². The van der Waals surface area contributed by atoms with Gasteiger partial charge in [-0.3, -0.25) is 9.59 Å². The number of benzene rings is 2. The van der Waals surface area contributed by atoms with Crippen LogP contribution < -0.4 is 20.1 Å². The average molecular weight is 428 g/mol. The van der Waals surface area contributed by atoms with Gasteiger partial charge in [0.2, 0.25) is 0 Å². The van der Waals surface area contributed by atoms with Gasteiger partial charge in [0.1, 0.15) is 11.5 Å². The topological polar surface area (TPSA) is 103 Å². The molecule has 2 amide bonds. The Morgan fingerprint density at radius 2 is 1.65 bits per heavy atom. The second-order valence-corrected chi connectivity index (χ2v) is 6.76. The van der Waals surface area contributed by atoms with E-state index in [4.69, 9.17) is 9.47 Å². The molecule has 0 fully saturated rings. The molecule has 2 aromatic carbocycles. The van der Waals surface area contributed by atoms with E-state index in [0.29, 0.717) is 36.6 Å². The van der Waals surface area contributed by atoms with Crippen LogP contribution in [0.2, 0.25) is 0 Å². The highest BCUT2D eigenvalue weighted by molar-refractivity contribution is 5.94. The average Bonchev–Trinajstić information content (AvgIpc) is 2.75. The van der Waals surface area contributed by atoms with Crippen molar-refractivity contribution in [2.24, 2.45) is 0 Å². The van der Waals surface area contributed by atoms with E-state index in [2.05, 4.69) is 15.4 Å². The first-order chi connectivity index (χ1) is 14.9. The number of nitrogens with one attached hydrogen (secondary N) is 2. The fourth-order valence-corrected chi connectivity index (χ4v) is 2.61. The summed E-state index contributed by atoms with van der Waals surface area (Å²) in [5.74, 6) is 0.513. The summed E-state index contributed by atoms with van der Waals surface area (Å²) in [5, 5.41) is 5.53. The van der Waals surface area contributed by atoms with Gasteiger partial charge < -0.3 is 24.8 Å². The summed E-state index contributed by atoms with van der Waals surface area (Å²) >= 11 is 0. The number of carbonyl (C=O) groups is 3. The molecule has 2 aromatic rings.